The highest BCUT2D eigenvalue weighted by Crippen LogP contribution is 2.09. The van der Waals surface area contributed by atoms with Gasteiger partial charge in [-0.2, -0.15) is 0 Å². The van der Waals surface area contributed by atoms with Crippen LogP contribution in [0.5, 0.6) is 0 Å². The van der Waals surface area contributed by atoms with Crippen molar-refractivity contribution in [3.63, 3.8) is 0 Å². The molecular weight excluding hydrogens is 176 g/mol. The van der Waals surface area contributed by atoms with Crippen LogP contribution in [0.15, 0.2) is 0 Å². The quantitative estimate of drug-likeness (QED) is 0.764. The fraction of sp³-hybridized carbons (Fsp3) is 0.800. The fourth-order valence-corrected chi connectivity index (χ4v) is 1.58. The molecule has 0 radical (unpaired) electrons. The predicted molar refractivity (Wildman–Crippen MR) is 57.0 cm³/mol. The van der Waals surface area contributed by atoms with E-state index in [9.17, 15) is 0 Å². The number of hydrogen-bond donors (Lipinski definition) is 1. The lowest BCUT2D eigenvalue weighted by atomic mass is 10.2. The van der Waals surface area contributed by atoms with Gasteiger partial charge in [0.15, 0.2) is 0 Å². The summed E-state index contributed by atoms with van der Waals surface area (Å²) in [6.45, 7) is 8.09. The van der Waals surface area contributed by atoms with Gasteiger partial charge in [-0.05, 0) is 18.9 Å². The van der Waals surface area contributed by atoms with E-state index < -0.39 is 0 Å². The van der Waals surface area contributed by atoms with E-state index in [1.54, 1.807) is 0 Å². The van der Waals surface area contributed by atoms with Crippen molar-refractivity contribution in [3.8, 4) is 0 Å². The third-order valence-corrected chi connectivity index (χ3v) is 2.17. The second-order valence-corrected chi connectivity index (χ2v) is 3.95. The molecule has 0 spiro atoms. The maximum atomic E-state index is 5.52. The molecule has 0 aromatic carbocycles. The van der Waals surface area contributed by atoms with Crippen LogP contribution >= 0.6 is 0 Å². The smallest absolute Gasteiger partial charge is 0.0871 e. The molecule has 0 aliphatic carbocycles. The SMILES string of the molecule is CCc1c(CCN)nnn1CC(C)C. The van der Waals surface area contributed by atoms with Crippen LogP contribution in [0.1, 0.15) is 32.2 Å². The Balaban J connectivity index is 2.83. The van der Waals surface area contributed by atoms with Crippen molar-refractivity contribution in [3.05, 3.63) is 11.4 Å². The van der Waals surface area contributed by atoms with Crippen LogP contribution in [0.2, 0.25) is 0 Å². The summed E-state index contributed by atoms with van der Waals surface area (Å²) in [5.41, 5.74) is 7.82. The Kier molecular flexibility index (Phi) is 4.07. The van der Waals surface area contributed by atoms with Crippen LogP contribution in [0, 0.1) is 5.92 Å². The number of nitrogens with zero attached hydrogens (tertiary/aromatic N) is 3. The van der Waals surface area contributed by atoms with Gasteiger partial charge in [0, 0.05) is 13.0 Å². The van der Waals surface area contributed by atoms with Gasteiger partial charge in [0.25, 0.3) is 0 Å². The Morgan fingerprint density at radius 1 is 1.43 bits per heavy atom. The molecule has 1 aromatic rings. The Morgan fingerprint density at radius 3 is 2.64 bits per heavy atom. The Bertz CT molecular complexity index is 278. The minimum absolute atomic E-state index is 0.604. The van der Waals surface area contributed by atoms with Gasteiger partial charge in [-0.25, -0.2) is 4.68 Å². The van der Waals surface area contributed by atoms with Gasteiger partial charge in [0.2, 0.25) is 0 Å². The monoisotopic (exact) mass is 196 g/mol. The van der Waals surface area contributed by atoms with E-state index in [2.05, 4.69) is 31.1 Å². The first-order valence-corrected chi connectivity index (χ1v) is 5.30. The molecule has 0 unspecified atom stereocenters. The topological polar surface area (TPSA) is 56.7 Å². The molecule has 14 heavy (non-hydrogen) atoms. The zero-order chi connectivity index (χ0) is 10.6. The lowest BCUT2D eigenvalue weighted by Crippen LogP contribution is -2.11. The van der Waals surface area contributed by atoms with Crippen LogP contribution < -0.4 is 5.73 Å². The molecule has 0 atom stereocenters. The molecule has 1 aromatic heterocycles. The summed E-state index contributed by atoms with van der Waals surface area (Å²) in [4.78, 5) is 0. The van der Waals surface area contributed by atoms with Gasteiger partial charge in [0.05, 0.1) is 11.4 Å². The molecule has 0 aliphatic heterocycles. The summed E-state index contributed by atoms with van der Waals surface area (Å²) in [5.74, 6) is 0.604. The molecule has 2 N–H and O–H groups in total. The van der Waals surface area contributed by atoms with Gasteiger partial charge in [-0.3, -0.25) is 0 Å². The van der Waals surface area contributed by atoms with Gasteiger partial charge >= 0.3 is 0 Å². The Hall–Kier alpha value is -0.900. The van der Waals surface area contributed by atoms with E-state index in [1.165, 1.54) is 5.69 Å². The van der Waals surface area contributed by atoms with E-state index >= 15 is 0 Å². The summed E-state index contributed by atoms with van der Waals surface area (Å²) < 4.78 is 2.01. The van der Waals surface area contributed by atoms with Crippen molar-refractivity contribution < 1.29 is 0 Å². The molecule has 0 saturated carbocycles. The van der Waals surface area contributed by atoms with Crippen molar-refractivity contribution in [1.29, 1.82) is 0 Å². The molecule has 0 amide bonds. The van der Waals surface area contributed by atoms with Crippen LogP contribution in [0.4, 0.5) is 0 Å². The second kappa shape index (κ2) is 5.10. The lowest BCUT2D eigenvalue weighted by molar-refractivity contribution is 0.460. The highest BCUT2D eigenvalue weighted by atomic mass is 15.4. The first-order valence-electron chi connectivity index (χ1n) is 5.30. The molecule has 1 heterocycles. The van der Waals surface area contributed by atoms with Crippen molar-refractivity contribution in [2.45, 2.75) is 40.2 Å². The summed E-state index contributed by atoms with van der Waals surface area (Å²) in [7, 11) is 0. The summed E-state index contributed by atoms with van der Waals surface area (Å²) in [5, 5.41) is 8.32. The minimum atomic E-state index is 0.604. The Morgan fingerprint density at radius 2 is 2.14 bits per heavy atom. The van der Waals surface area contributed by atoms with E-state index in [0.717, 1.165) is 25.1 Å². The van der Waals surface area contributed by atoms with Crippen LogP contribution in [-0.2, 0) is 19.4 Å². The molecule has 4 nitrogen and oxygen atoms in total. The van der Waals surface area contributed by atoms with Gasteiger partial charge < -0.3 is 5.73 Å². The number of hydrogen-bond acceptors (Lipinski definition) is 3. The molecule has 0 aliphatic rings. The van der Waals surface area contributed by atoms with Crippen molar-refractivity contribution in [2.75, 3.05) is 6.54 Å². The average Bonchev–Trinajstić information content (AvgIpc) is 2.47. The van der Waals surface area contributed by atoms with Crippen molar-refractivity contribution in [2.24, 2.45) is 11.7 Å². The van der Waals surface area contributed by atoms with E-state index in [-0.39, 0.29) is 0 Å². The van der Waals surface area contributed by atoms with Gasteiger partial charge in [0.1, 0.15) is 0 Å². The third kappa shape index (κ3) is 2.54. The first-order chi connectivity index (χ1) is 6.69. The first kappa shape index (κ1) is 11.2. The predicted octanol–water partition coefficient (Wildman–Crippen LogP) is 0.998. The molecule has 4 heteroatoms. The van der Waals surface area contributed by atoms with Crippen molar-refractivity contribution >= 4 is 0 Å². The third-order valence-electron chi connectivity index (χ3n) is 2.17. The number of aromatic nitrogens is 3. The van der Waals surface area contributed by atoms with Crippen molar-refractivity contribution in [1.82, 2.24) is 15.0 Å². The maximum absolute atomic E-state index is 5.52. The zero-order valence-electron chi connectivity index (χ0n) is 9.32. The summed E-state index contributed by atoms with van der Waals surface area (Å²) in [6.07, 6.45) is 1.82. The molecule has 80 valence electrons. The highest BCUT2D eigenvalue weighted by molar-refractivity contribution is 5.10. The molecule has 0 bridgehead atoms. The molecule has 1 rings (SSSR count). The van der Waals surface area contributed by atoms with Crippen LogP contribution in [-0.4, -0.2) is 21.5 Å². The van der Waals surface area contributed by atoms with Gasteiger partial charge in [-0.1, -0.05) is 26.0 Å². The summed E-state index contributed by atoms with van der Waals surface area (Å²) >= 11 is 0. The number of rotatable bonds is 5. The number of nitrogens with two attached hydrogens (primary N) is 1. The largest absolute Gasteiger partial charge is 0.330 e. The molecular formula is C10H20N4. The average molecular weight is 196 g/mol. The van der Waals surface area contributed by atoms with Crippen LogP contribution in [0.25, 0.3) is 0 Å². The summed E-state index contributed by atoms with van der Waals surface area (Å²) in [6, 6.07) is 0. The van der Waals surface area contributed by atoms with E-state index in [0.29, 0.717) is 12.5 Å². The van der Waals surface area contributed by atoms with E-state index in [4.69, 9.17) is 5.73 Å². The maximum Gasteiger partial charge on any atom is 0.0871 e. The minimum Gasteiger partial charge on any atom is -0.330 e. The second-order valence-electron chi connectivity index (χ2n) is 3.95. The highest BCUT2D eigenvalue weighted by Gasteiger charge is 2.10. The zero-order valence-corrected chi connectivity index (χ0v) is 9.32. The lowest BCUT2D eigenvalue weighted by Gasteiger charge is -2.07. The normalized spacial score (nSPS) is 11.2. The Labute approximate surface area is 85.5 Å². The fourth-order valence-electron chi connectivity index (χ4n) is 1.58. The molecule has 0 saturated heterocycles. The van der Waals surface area contributed by atoms with E-state index in [1.807, 2.05) is 4.68 Å². The van der Waals surface area contributed by atoms with Gasteiger partial charge in [-0.15, -0.1) is 5.10 Å². The van der Waals surface area contributed by atoms with Crippen LogP contribution in [0.3, 0.4) is 0 Å². The molecule has 0 fully saturated rings. The standard InChI is InChI=1S/C10H20N4/c1-4-10-9(5-6-11)12-13-14(10)7-8(2)3/h8H,4-7,11H2,1-3H3.